The number of benzene rings is 1. The van der Waals surface area contributed by atoms with E-state index in [4.69, 9.17) is 11.1 Å². The zero-order valence-corrected chi connectivity index (χ0v) is 16.3. The molecule has 9 heteroatoms. The molecule has 1 saturated heterocycles. The Morgan fingerprint density at radius 2 is 2.07 bits per heavy atom. The van der Waals surface area contributed by atoms with Gasteiger partial charge in [-0.05, 0) is 42.9 Å². The first-order valence-electron chi connectivity index (χ1n) is 9.74. The van der Waals surface area contributed by atoms with Crippen molar-refractivity contribution in [3.8, 4) is 11.1 Å². The first kappa shape index (κ1) is 20.5. The lowest BCUT2D eigenvalue weighted by Crippen LogP contribution is -2.42. The van der Waals surface area contributed by atoms with Crippen molar-refractivity contribution in [1.82, 2.24) is 20.6 Å². The van der Waals surface area contributed by atoms with Gasteiger partial charge in [0.2, 0.25) is 5.95 Å². The highest BCUT2D eigenvalue weighted by Gasteiger charge is 2.24. The Labute approximate surface area is 169 Å². The number of aliphatic hydroxyl groups excluding tert-OH is 1. The summed E-state index contributed by atoms with van der Waals surface area (Å²) in [5.74, 6) is 0.300. The number of nitrogens with two attached hydrogens (primary N) is 1. The van der Waals surface area contributed by atoms with Crippen molar-refractivity contribution >= 4 is 17.9 Å². The number of carbonyl (C=O) groups is 1. The van der Waals surface area contributed by atoms with Crippen LogP contribution in [0, 0.1) is 5.41 Å². The second kappa shape index (κ2) is 9.83. The van der Waals surface area contributed by atoms with Crippen molar-refractivity contribution in [2.45, 2.75) is 38.3 Å². The summed E-state index contributed by atoms with van der Waals surface area (Å²) in [7, 11) is 0. The van der Waals surface area contributed by atoms with E-state index in [0.717, 1.165) is 42.5 Å². The van der Waals surface area contributed by atoms with Crippen LogP contribution in [0.3, 0.4) is 0 Å². The fraction of sp³-hybridized carbons (Fsp3) is 0.400. The van der Waals surface area contributed by atoms with Crippen molar-refractivity contribution in [3.05, 3.63) is 42.2 Å². The molecule has 3 rings (SSSR count). The molecule has 0 bridgehead atoms. The zero-order valence-electron chi connectivity index (χ0n) is 16.3. The highest BCUT2D eigenvalue weighted by atomic mass is 16.3. The van der Waals surface area contributed by atoms with Crippen molar-refractivity contribution in [3.63, 3.8) is 0 Å². The Balaban J connectivity index is 1.68. The number of amides is 2. The van der Waals surface area contributed by atoms with Gasteiger partial charge in [0, 0.05) is 43.7 Å². The number of guanidine groups is 1. The van der Waals surface area contributed by atoms with Gasteiger partial charge >= 0.3 is 6.03 Å². The Hall–Kier alpha value is -3.20. The van der Waals surface area contributed by atoms with Crippen LogP contribution in [0.15, 0.2) is 36.7 Å². The molecule has 29 heavy (non-hydrogen) atoms. The summed E-state index contributed by atoms with van der Waals surface area (Å²) in [6, 6.07) is 7.50. The van der Waals surface area contributed by atoms with Gasteiger partial charge in [0.05, 0.1) is 0 Å². The van der Waals surface area contributed by atoms with Gasteiger partial charge in [-0.1, -0.05) is 18.2 Å². The largest absolute Gasteiger partial charge is 0.396 e. The molecule has 154 valence electrons. The second-order valence-electron chi connectivity index (χ2n) is 7.05. The van der Waals surface area contributed by atoms with Gasteiger partial charge in [0.15, 0.2) is 5.96 Å². The van der Waals surface area contributed by atoms with Gasteiger partial charge < -0.3 is 21.1 Å². The quantitative estimate of drug-likeness (QED) is 0.370. The molecule has 9 nitrogen and oxygen atoms in total. The maximum Gasteiger partial charge on any atom is 0.321 e. The van der Waals surface area contributed by atoms with Gasteiger partial charge in [-0.15, -0.1) is 0 Å². The van der Waals surface area contributed by atoms with E-state index in [1.54, 1.807) is 0 Å². The fourth-order valence-corrected chi connectivity index (χ4v) is 3.54. The van der Waals surface area contributed by atoms with Crippen LogP contribution in [0.25, 0.3) is 11.1 Å². The summed E-state index contributed by atoms with van der Waals surface area (Å²) in [5.41, 5.74) is 7.88. The highest BCUT2D eigenvalue weighted by Crippen LogP contribution is 2.25. The normalized spacial score (nSPS) is 16.3. The average molecular weight is 397 g/mol. The Bertz CT molecular complexity index is 839. The van der Waals surface area contributed by atoms with Crippen molar-refractivity contribution in [2.75, 3.05) is 18.1 Å². The molecule has 1 aliphatic heterocycles. The molecule has 1 unspecified atom stereocenters. The van der Waals surface area contributed by atoms with Gasteiger partial charge in [-0.25, -0.2) is 14.8 Å². The topological polar surface area (TPSA) is 140 Å². The molecule has 0 spiro atoms. The molecule has 1 atom stereocenters. The zero-order chi connectivity index (χ0) is 20.6. The summed E-state index contributed by atoms with van der Waals surface area (Å²) in [4.78, 5) is 22.9. The number of aromatic nitrogens is 2. The number of carbonyl (C=O) groups excluding carboxylic acids is 1. The third-order valence-corrected chi connectivity index (χ3v) is 4.95. The monoisotopic (exact) mass is 397 g/mol. The van der Waals surface area contributed by atoms with E-state index >= 15 is 0 Å². The molecule has 0 saturated carbocycles. The number of anilines is 1. The molecule has 2 heterocycles. The number of nitrogens with zero attached hydrogens (tertiary/aromatic N) is 3. The number of urea groups is 1. The molecule has 6 N–H and O–H groups in total. The molecule has 0 aliphatic carbocycles. The molecular formula is C20H27N7O2. The van der Waals surface area contributed by atoms with Crippen LogP contribution >= 0.6 is 0 Å². The van der Waals surface area contributed by atoms with Crippen molar-refractivity contribution in [2.24, 2.45) is 5.73 Å². The fourth-order valence-electron chi connectivity index (χ4n) is 3.54. The third kappa shape index (κ3) is 5.64. The molecule has 1 aromatic heterocycles. The number of nitrogens with one attached hydrogen (secondary N) is 3. The number of aliphatic hydroxyl groups is 1. The predicted octanol–water partition coefficient (Wildman–Crippen LogP) is 1.58. The number of rotatable bonds is 6. The lowest BCUT2D eigenvalue weighted by molar-refractivity contribution is 0.245. The standard InChI is InChI=1S/C20H27N7O2/c21-18(22)26-20(29)25-11-14-4-3-5-15(10-14)16-12-23-19(24-13-16)27-8-2-1-6-17(27)7-9-28/h3-5,10,12-13,17,28H,1-2,6-9,11H2,(H5,21,22,25,26,29). The van der Waals surface area contributed by atoms with E-state index in [0.29, 0.717) is 12.5 Å². The van der Waals surface area contributed by atoms with Gasteiger partial charge in [0.1, 0.15) is 0 Å². The van der Waals surface area contributed by atoms with Gasteiger partial charge in [-0.2, -0.15) is 0 Å². The third-order valence-electron chi connectivity index (χ3n) is 4.95. The minimum Gasteiger partial charge on any atom is -0.396 e. The number of hydrogen-bond acceptors (Lipinski definition) is 6. The molecule has 2 aromatic rings. The van der Waals surface area contributed by atoms with Crippen LogP contribution < -0.4 is 21.3 Å². The molecule has 0 radical (unpaired) electrons. The van der Waals surface area contributed by atoms with Crippen LogP contribution in [0.4, 0.5) is 10.7 Å². The summed E-state index contributed by atoms with van der Waals surface area (Å²) in [6.07, 6.45) is 7.68. The lowest BCUT2D eigenvalue weighted by atomic mass is 10.00. The summed E-state index contributed by atoms with van der Waals surface area (Å²) in [5, 5.41) is 21.2. The summed E-state index contributed by atoms with van der Waals surface area (Å²) in [6.45, 7) is 1.39. The average Bonchev–Trinajstić information content (AvgIpc) is 2.73. The Morgan fingerprint density at radius 1 is 1.28 bits per heavy atom. The maximum absolute atomic E-state index is 11.6. The minimum atomic E-state index is -0.519. The first-order chi connectivity index (χ1) is 14.1. The van der Waals surface area contributed by atoms with Crippen molar-refractivity contribution < 1.29 is 9.90 Å². The number of piperidine rings is 1. The molecule has 2 amide bonds. The van der Waals surface area contributed by atoms with Crippen LogP contribution in [0.2, 0.25) is 0 Å². The van der Waals surface area contributed by atoms with Crippen LogP contribution in [0.1, 0.15) is 31.2 Å². The van der Waals surface area contributed by atoms with E-state index in [-0.39, 0.29) is 12.6 Å². The van der Waals surface area contributed by atoms with Crippen molar-refractivity contribution in [1.29, 1.82) is 5.41 Å². The smallest absolute Gasteiger partial charge is 0.321 e. The lowest BCUT2D eigenvalue weighted by Gasteiger charge is -2.35. The number of hydrogen-bond donors (Lipinski definition) is 5. The van der Waals surface area contributed by atoms with E-state index in [2.05, 4.69) is 25.5 Å². The SMILES string of the molecule is N=C(N)NC(=O)NCc1cccc(-c2cnc(N3CCCCC3CCO)nc2)c1. The van der Waals surface area contributed by atoms with E-state index in [1.165, 1.54) is 6.42 Å². The summed E-state index contributed by atoms with van der Waals surface area (Å²) < 4.78 is 0. The molecule has 1 aliphatic rings. The highest BCUT2D eigenvalue weighted by molar-refractivity contribution is 5.93. The van der Waals surface area contributed by atoms with E-state index < -0.39 is 12.0 Å². The van der Waals surface area contributed by atoms with Gasteiger partial charge in [-0.3, -0.25) is 10.7 Å². The molecular weight excluding hydrogens is 370 g/mol. The molecule has 1 aromatic carbocycles. The van der Waals surface area contributed by atoms with Crippen LogP contribution in [0.5, 0.6) is 0 Å². The van der Waals surface area contributed by atoms with E-state index in [1.807, 2.05) is 36.7 Å². The van der Waals surface area contributed by atoms with Crippen LogP contribution in [-0.4, -0.2) is 46.3 Å². The van der Waals surface area contributed by atoms with Crippen LogP contribution in [-0.2, 0) is 6.54 Å². The van der Waals surface area contributed by atoms with Gasteiger partial charge in [0.25, 0.3) is 0 Å². The molecule has 1 fully saturated rings. The second-order valence-corrected chi connectivity index (χ2v) is 7.05. The maximum atomic E-state index is 11.6. The van der Waals surface area contributed by atoms with E-state index in [9.17, 15) is 9.90 Å². The minimum absolute atomic E-state index is 0.171. The Morgan fingerprint density at radius 3 is 2.79 bits per heavy atom. The Kier molecular flexibility index (Phi) is 6.96. The summed E-state index contributed by atoms with van der Waals surface area (Å²) >= 11 is 0. The predicted molar refractivity (Wildman–Crippen MR) is 111 cm³/mol. The first-order valence-corrected chi connectivity index (χ1v) is 9.74.